The summed E-state index contributed by atoms with van der Waals surface area (Å²) in [7, 11) is 1.73. The van der Waals surface area contributed by atoms with Crippen molar-refractivity contribution in [3.63, 3.8) is 0 Å². The van der Waals surface area contributed by atoms with E-state index in [1.54, 1.807) is 7.11 Å². The van der Waals surface area contributed by atoms with Crippen LogP contribution in [0.5, 0.6) is 0 Å². The Balaban J connectivity index is 1.87. The van der Waals surface area contributed by atoms with E-state index < -0.39 is 0 Å². The average molecular weight is 258 g/mol. The van der Waals surface area contributed by atoms with E-state index in [4.69, 9.17) is 4.74 Å². The SMILES string of the molecule is CCn1cccc1CNCc1cccc(COC)c1. The third kappa shape index (κ3) is 3.94. The molecule has 1 aromatic heterocycles. The Hall–Kier alpha value is -1.58. The van der Waals surface area contributed by atoms with Crippen LogP contribution in [0.15, 0.2) is 42.6 Å². The normalized spacial score (nSPS) is 10.8. The number of rotatable bonds is 7. The van der Waals surface area contributed by atoms with Crippen LogP contribution in [0.3, 0.4) is 0 Å². The van der Waals surface area contributed by atoms with Gasteiger partial charge in [-0.3, -0.25) is 0 Å². The topological polar surface area (TPSA) is 26.2 Å². The molecule has 1 aromatic carbocycles. The molecule has 0 saturated carbocycles. The summed E-state index contributed by atoms with van der Waals surface area (Å²) in [5.74, 6) is 0. The molecule has 0 spiro atoms. The van der Waals surface area contributed by atoms with Crippen molar-refractivity contribution in [3.8, 4) is 0 Å². The molecule has 2 rings (SSSR count). The highest BCUT2D eigenvalue weighted by atomic mass is 16.5. The first-order chi connectivity index (χ1) is 9.33. The number of ether oxygens (including phenoxy) is 1. The van der Waals surface area contributed by atoms with Crippen LogP contribution in [0.25, 0.3) is 0 Å². The molecule has 3 nitrogen and oxygen atoms in total. The van der Waals surface area contributed by atoms with Crippen LogP contribution >= 0.6 is 0 Å². The van der Waals surface area contributed by atoms with Gasteiger partial charge in [-0.1, -0.05) is 24.3 Å². The summed E-state index contributed by atoms with van der Waals surface area (Å²) in [5, 5.41) is 3.49. The van der Waals surface area contributed by atoms with Crippen molar-refractivity contribution in [2.45, 2.75) is 33.2 Å². The van der Waals surface area contributed by atoms with Gasteiger partial charge in [0.15, 0.2) is 0 Å². The Morgan fingerprint density at radius 1 is 1.11 bits per heavy atom. The lowest BCUT2D eigenvalue weighted by atomic mass is 10.1. The number of hydrogen-bond donors (Lipinski definition) is 1. The molecule has 3 heteroatoms. The minimum Gasteiger partial charge on any atom is -0.380 e. The third-order valence-corrected chi connectivity index (χ3v) is 3.20. The number of benzene rings is 1. The Morgan fingerprint density at radius 3 is 2.74 bits per heavy atom. The minimum atomic E-state index is 0.673. The van der Waals surface area contributed by atoms with Crippen LogP contribution in [0.1, 0.15) is 23.7 Å². The van der Waals surface area contributed by atoms with Gasteiger partial charge in [0, 0.05) is 38.6 Å². The molecule has 19 heavy (non-hydrogen) atoms. The van der Waals surface area contributed by atoms with Gasteiger partial charge in [0.2, 0.25) is 0 Å². The fourth-order valence-electron chi connectivity index (χ4n) is 2.25. The predicted molar refractivity (Wildman–Crippen MR) is 77.8 cm³/mol. The lowest BCUT2D eigenvalue weighted by molar-refractivity contribution is 0.185. The molecule has 1 N–H and O–H groups in total. The highest BCUT2D eigenvalue weighted by Crippen LogP contribution is 2.07. The number of aryl methyl sites for hydroxylation is 1. The zero-order valence-corrected chi connectivity index (χ0v) is 11.7. The monoisotopic (exact) mass is 258 g/mol. The largest absolute Gasteiger partial charge is 0.380 e. The van der Waals surface area contributed by atoms with E-state index in [2.05, 4.69) is 59.4 Å². The van der Waals surface area contributed by atoms with Crippen molar-refractivity contribution < 1.29 is 4.74 Å². The molecule has 2 aromatic rings. The van der Waals surface area contributed by atoms with Crippen LogP contribution in [0.4, 0.5) is 0 Å². The fourth-order valence-corrected chi connectivity index (χ4v) is 2.25. The zero-order valence-electron chi connectivity index (χ0n) is 11.7. The second-order valence-electron chi connectivity index (χ2n) is 4.64. The van der Waals surface area contributed by atoms with E-state index in [0.29, 0.717) is 6.61 Å². The molecule has 0 atom stereocenters. The van der Waals surface area contributed by atoms with Crippen molar-refractivity contribution in [2.24, 2.45) is 0 Å². The van der Waals surface area contributed by atoms with Gasteiger partial charge in [0.1, 0.15) is 0 Å². The van der Waals surface area contributed by atoms with Crippen molar-refractivity contribution >= 4 is 0 Å². The predicted octanol–water partition coefficient (Wildman–Crippen LogP) is 2.94. The Morgan fingerprint density at radius 2 is 1.95 bits per heavy atom. The first-order valence-corrected chi connectivity index (χ1v) is 6.75. The molecule has 0 amide bonds. The first kappa shape index (κ1) is 13.8. The van der Waals surface area contributed by atoms with Crippen LogP contribution in [0, 0.1) is 0 Å². The molecule has 102 valence electrons. The van der Waals surface area contributed by atoms with E-state index in [1.807, 2.05) is 0 Å². The van der Waals surface area contributed by atoms with E-state index in [1.165, 1.54) is 16.8 Å². The fraction of sp³-hybridized carbons (Fsp3) is 0.375. The second kappa shape index (κ2) is 7.12. The van der Waals surface area contributed by atoms with E-state index in [9.17, 15) is 0 Å². The molecule has 0 bridgehead atoms. The van der Waals surface area contributed by atoms with E-state index >= 15 is 0 Å². The van der Waals surface area contributed by atoms with Crippen LogP contribution in [-0.2, 0) is 31.0 Å². The first-order valence-electron chi connectivity index (χ1n) is 6.75. The molecule has 0 saturated heterocycles. The number of hydrogen-bond acceptors (Lipinski definition) is 2. The number of methoxy groups -OCH3 is 1. The maximum absolute atomic E-state index is 5.15. The van der Waals surface area contributed by atoms with Crippen LogP contribution in [-0.4, -0.2) is 11.7 Å². The van der Waals surface area contributed by atoms with Gasteiger partial charge in [-0.15, -0.1) is 0 Å². The van der Waals surface area contributed by atoms with E-state index in [0.717, 1.165) is 19.6 Å². The maximum atomic E-state index is 5.15. The Kier molecular flexibility index (Phi) is 5.19. The Labute approximate surface area is 115 Å². The van der Waals surface area contributed by atoms with Gasteiger partial charge in [0.25, 0.3) is 0 Å². The molecular formula is C16H22N2O. The summed E-state index contributed by atoms with van der Waals surface area (Å²) in [6.45, 7) is 5.64. The smallest absolute Gasteiger partial charge is 0.0713 e. The summed E-state index contributed by atoms with van der Waals surface area (Å²) in [5.41, 5.74) is 3.85. The lowest BCUT2D eigenvalue weighted by Crippen LogP contribution is -2.15. The quantitative estimate of drug-likeness (QED) is 0.826. The summed E-state index contributed by atoms with van der Waals surface area (Å²) < 4.78 is 7.41. The number of nitrogens with zero attached hydrogens (tertiary/aromatic N) is 1. The third-order valence-electron chi connectivity index (χ3n) is 3.20. The highest BCUT2D eigenvalue weighted by Gasteiger charge is 1.99. The molecular weight excluding hydrogens is 236 g/mol. The molecule has 0 fully saturated rings. The zero-order chi connectivity index (χ0) is 13.5. The van der Waals surface area contributed by atoms with Crippen LogP contribution < -0.4 is 5.32 Å². The summed E-state index contributed by atoms with van der Waals surface area (Å²) >= 11 is 0. The van der Waals surface area contributed by atoms with Gasteiger partial charge in [-0.05, 0) is 30.2 Å². The van der Waals surface area contributed by atoms with Crippen molar-refractivity contribution in [3.05, 3.63) is 59.4 Å². The molecule has 0 radical (unpaired) electrons. The molecule has 0 unspecified atom stereocenters. The van der Waals surface area contributed by atoms with Gasteiger partial charge in [-0.25, -0.2) is 0 Å². The minimum absolute atomic E-state index is 0.673. The summed E-state index contributed by atoms with van der Waals surface area (Å²) in [4.78, 5) is 0. The lowest BCUT2D eigenvalue weighted by Gasteiger charge is -2.09. The summed E-state index contributed by atoms with van der Waals surface area (Å²) in [6, 6.07) is 12.8. The highest BCUT2D eigenvalue weighted by molar-refractivity contribution is 5.23. The van der Waals surface area contributed by atoms with Crippen molar-refractivity contribution in [1.29, 1.82) is 0 Å². The number of nitrogens with one attached hydrogen (secondary N) is 1. The van der Waals surface area contributed by atoms with Crippen LogP contribution in [0.2, 0.25) is 0 Å². The van der Waals surface area contributed by atoms with Gasteiger partial charge in [-0.2, -0.15) is 0 Å². The van der Waals surface area contributed by atoms with Gasteiger partial charge < -0.3 is 14.6 Å². The second-order valence-corrected chi connectivity index (χ2v) is 4.64. The molecule has 1 heterocycles. The maximum Gasteiger partial charge on any atom is 0.0713 e. The van der Waals surface area contributed by atoms with Crippen molar-refractivity contribution in [1.82, 2.24) is 9.88 Å². The molecule has 0 aliphatic heterocycles. The van der Waals surface area contributed by atoms with Gasteiger partial charge >= 0.3 is 0 Å². The average Bonchev–Trinajstić information content (AvgIpc) is 2.87. The standard InChI is InChI=1S/C16H22N2O/c1-3-18-9-5-8-16(18)12-17-11-14-6-4-7-15(10-14)13-19-2/h4-10,17H,3,11-13H2,1-2H3. The molecule has 0 aliphatic carbocycles. The number of aromatic nitrogens is 1. The summed E-state index contributed by atoms with van der Waals surface area (Å²) in [6.07, 6.45) is 2.12. The van der Waals surface area contributed by atoms with Gasteiger partial charge in [0.05, 0.1) is 6.61 Å². The van der Waals surface area contributed by atoms with E-state index in [-0.39, 0.29) is 0 Å². The molecule has 0 aliphatic rings. The van der Waals surface area contributed by atoms with Crippen molar-refractivity contribution in [2.75, 3.05) is 7.11 Å². The Bertz CT molecular complexity index is 505.